The van der Waals surface area contributed by atoms with Gasteiger partial charge >= 0.3 is 0 Å². The van der Waals surface area contributed by atoms with Gasteiger partial charge in [-0.2, -0.15) is 0 Å². The van der Waals surface area contributed by atoms with Crippen molar-refractivity contribution in [2.24, 2.45) is 0 Å². The van der Waals surface area contributed by atoms with Gasteiger partial charge < -0.3 is 5.32 Å². The van der Waals surface area contributed by atoms with Crippen LogP contribution < -0.4 is 5.32 Å². The zero-order chi connectivity index (χ0) is 19.2. The summed E-state index contributed by atoms with van der Waals surface area (Å²) < 4.78 is 15.5. The second-order valence-corrected chi connectivity index (χ2v) is 6.68. The number of pyridine rings is 1. The molecule has 0 unspecified atom stereocenters. The van der Waals surface area contributed by atoms with Crippen LogP contribution in [0.25, 0.3) is 11.4 Å². The summed E-state index contributed by atoms with van der Waals surface area (Å²) in [5, 5.41) is 11.7. The Balaban J connectivity index is 1.70. The molecule has 0 aliphatic rings. The van der Waals surface area contributed by atoms with E-state index in [4.69, 9.17) is 0 Å². The third kappa shape index (κ3) is 4.59. The molecular formula is C19H18FN5OS. The van der Waals surface area contributed by atoms with Gasteiger partial charge in [0, 0.05) is 30.2 Å². The molecule has 0 fully saturated rings. The number of allylic oxidation sites excluding steroid dienone is 1. The smallest absolute Gasteiger partial charge is 0.234 e. The second-order valence-electron chi connectivity index (χ2n) is 5.74. The van der Waals surface area contributed by atoms with Gasteiger partial charge in [0.2, 0.25) is 5.91 Å². The minimum Gasteiger partial charge on any atom is -0.325 e. The van der Waals surface area contributed by atoms with Gasteiger partial charge in [-0.3, -0.25) is 14.3 Å². The third-order valence-corrected chi connectivity index (χ3v) is 4.72. The monoisotopic (exact) mass is 383 g/mol. The van der Waals surface area contributed by atoms with Crippen LogP contribution in [-0.2, 0) is 11.3 Å². The van der Waals surface area contributed by atoms with Crippen molar-refractivity contribution >= 4 is 23.4 Å². The van der Waals surface area contributed by atoms with E-state index in [1.165, 1.54) is 17.8 Å². The lowest BCUT2D eigenvalue weighted by Gasteiger charge is -2.08. The van der Waals surface area contributed by atoms with Crippen molar-refractivity contribution < 1.29 is 9.18 Å². The minimum atomic E-state index is -0.354. The van der Waals surface area contributed by atoms with Gasteiger partial charge in [0.25, 0.3) is 0 Å². The second kappa shape index (κ2) is 8.59. The van der Waals surface area contributed by atoms with E-state index in [9.17, 15) is 9.18 Å². The van der Waals surface area contributed by atoms with Crippen LogP contribution in [0.3, 0.4) is 0 Å². The molecule has 0 atom stereocenters. The highest BCUT2D eigenvalue weighted by Crippen LogP contribution is 2.24. The number of aryl methyl sites for hydroxylation is 1. The first-order valence-electron chi connectivity index (χ1n) is 8.22. The van der Waals surface area contributed by atoms with E-state index in [2.05, 4.69) is 27.1 Å². The highest BCUT2D eigenvalue weighted by atomic mass is 32.2. The van der Waals surface area contributed by atoms with Crippen molar-refractivity contribution in [1.82, 2.24) is 19.7 Å². The van der Waals surface area contributed by atoms with Gasteiger partial charge in [-0.1, -0.05) is 23.9 Å². The standard InChI is InChI=1S/C19H18FN5OS/c1-3-10-25-18(14-6-8-21-9-7-14)23-24-19(25)27-12-17(26)22-15-5-4-13(2)16(20)11-15/h3-9,11H,1,10,12H2,2H3,(H,22,26). The van der Waals surface area contributed by atoms with Crippen LogP contribution in [0.4, 0.5) is 10.1 Å². The maximum Gasteiger partial charge on any atom is 0.234 e. The van der Waals surface area contributed by atoms with E-state index in [1.54, 1.807) is 37.5 Å². The number of hydrogen-bond acceptors (Lipinski definition) is 5. The topological polar surface area (TPSA) is 72.7 Å². The van der Waals surface area contributed by atoms with E-state index in [1.807, 2.05) is 16.7 Å². The zero-order valence-corrected chi connectivity index (χ0v) is 15.5. The number of anilines is 1. The Hall–Kier alpha value is -3.00. The van der Waals surface area contributed by atoms with Gasteiger partial charge in [0.05, 0.1) is 5.75 Å². The lowest BCUT2D eigenvalue weighted by Crippen LogP contribution is -2.15. The molecule has 3 aromatic rings. The van der Waals surface area contributed by atoms with E-state index >= 15 is 0 Å². The summed E-state index contributed by atoms with van der Waals surface area (Å²) in [5.74, 6) is 0.206. The molecule has 0 saturated carbocycles. The van der Waals surface area contributed by atoms with E-state index in [0.717, 1.165) is 5.56 Å². The van der Waals surface area contributed by atoms with Crippen molar-refractivity contribution in [2.75, 3.05) is 11.1 Å². The third-order valence-electron chi connectivity index (χ3n) is 3.75. The molecule has 2 aromatic heterocycles. The quantitative estimate of drug-likeness (QED) is 0.497. The Morgan fingerprint density at radius 2 is 2.07 bits per heavy atom. The Morgan fingerprint density at radius 3 is 2.78 bits per heavy atom. The van der Waals surface area contributed by atoms with E-state index in [0.29, 0.717) is 28.8 Å². The van der Waals surface area contributed by atoms with Crippen molar-refractivity contribution in [3.63, 3.8) is 0 Å². The number of carbonyl (C=O) groups excluding carboxylic acids is 1. The average molecular weight is 383 g/mol. The van der Waals surface area contributed by atoms with Gasteiger partial charge in [-0.05, 0) is 36.8 Å². The lowest BCUT2D eigenvalue weighted by atomic mass is 10.2. The largest absolute Gasteiger partial charge is 0.325 e. The molecule has 3 rings (SSSR count). The Morgan fingerprint density at radius 1 is 1.30 bits per heavy atom. The number of nitrogens with zero attached hydrogens (tertiary/aromatic N) is 4. The summed E-state index contributed by atoms with van der Waals surface area (Å²) in [6, 6.07) is 8.29. The number of amides is 1. The molecule has 0 aliphatic heterocycles. The molecule has 0 radical (unpaired) electrons. The Labute approximate surface area is 160 Å². The van der Waals surface area contributed by atoms with Crippen LogP contribution >= 0.6 is 11.8 Å². The maximum atomic E-state index is 13.6. The normalized spacial score (nSPS) is 10.6. The molecule has 0 spiro atoms. The van der Waals surface area contributed by atoms with Crippen molar-refractivity contribution in [3.05, 3.63) is 66.8 Å². The van der Waals surface area contributed by atoms with Crippen molar-refractivity contribution in [3.8, 4) is 11.4 Å². The number of nitrogens with one attached hydrogen (secondary N) is 1. The maximum absolute atomic E-state index is 13.6. The van der Waals surface area contributed by atoms with Crippen LogP contribution in [0, 0.1) is 12.7 Å². The summed E-state index contributed by atoms with van der Waals surface area (Å²) in [6.45, 7) is 5.95. The van der Waals surface area contributed by atoms with Gasteiger partial charge in [-0.15, -0.1) is 16.8 Å². The number of rotatable bonds is 7. The highest BCUT2D eigenvalue weighted by Gasteiger charge is 2.15. The summed E-state index contributed by atoms with van der Waals surface area (Å²) in [5.41, 5.74) is 1.84. The predicted molar refractivity (Wildman–Crippen MR) is 104 cm³/mol. The fourth-order valence-electron chi connectivity index (χ4n) is 2.40. The summed E-state index contributed by atoms with van der Waals surface area (Å²) >= 11 is 1.26. The molecule has 6 nitrogen and oxygen atoms in total. The molecule has 138 valence electrons. The predicted octanol–water partition coefficient (Wildman–Crippen LogP) is 3.70. The molecule has 1 aromatic carbocycles. The van der Waals surface area contributed by atoms with Crippen LogP contribution in [0.2, 0.25) is 0 Å². The molecule has 1 amide bonds. The fraction of sp³-hybridized carbons (Fsp3) is 0.158. The van der Waals surface area contributed by atoms with Gasteiger partial charge in [-0.25, -0.2) is 4.39 Å². The zero-order valence-electron chi connectivity index (χ0n) is 14.7. The SMILES string of the molecule is C=CCn1c(SCC(=O)Nc2ccc(C)c(F)c2)nnc1-c1ccncc1. The average Bonchev–Trinajstić information content (AvgIpc) is 3.07. The molecular weight excluding hydrogens is 365 g/mol. The first-order valence-corrected chi connectivity index (χ1v) is 9.20. The lowest BCUT2D eigenvalue weighted by molar-refractivity contribution is -0.113. The minimum absolute atomic E-state index is 0.126. The molecule has 1 N–H and O–H groups in total. The highest BCUT2D eigenvalue weighted by molar-refractivity contribution is 7.99. The van der Waals surface area contributed by atoms with Crippen LogP contribution in [0.15, 0.2) is 60.5 Å². The van der Waals surface area contributed by atoms with Crippen molar-refractivity contribution in [1.29, 1.82) is 0 Å². The Kier molecular flexibility index (Phi) is 5.97. The number of thioether (sulfide) groups is 1. The number of halogens is 1. The van der Waals surface area contributed by atoms with Crippen LogP contribution in [0.5, 0.6) is 0 Å². The first-order chi connectivity index (χ1) is 13.1. The molecule has 27 heavy (non-hydrogen) atoms. The van der Waals surface area contributed by atoms with Gasteiger partial charge in [0.15, 0.2) is 11.0 Å². The first kappa shape index (κ1) is 18.8. The number of carbonyl (C=O) groups is 1. The fourth-order valence-corrected chi connectivity index (χ4v) is 3.15. The molecule has 0 saturated heterocycles. The Bertz CT molecular complexity index is 958. The molecule has 0 aliphatic carbocycles. The molecule has 2 heterocycles. The van der Waals surface area contributed by atoms with Crippen molar-refractivity contribution in [2.45, 2.75) is 18.6 Å². The molecule has 8 heteroatoms. The van der Waals surface area contributed by atoms with Gasteiger partial charge in [0.1, 0.15) is 5.82 Å². The number of hydrogen-bond donors (Lipinski definition) is 1. The number of benzene rings is 1. The van der Waals surface area contributed by atoms with Crippen LogP contribution in [-0.4, -0.2) is 31.4 Å². The van der Waals surface area contributed by atoms with E-state index < -0.39 is 0 Å². The molecule has 0 bridgehead atoms. The summed E-state index contributed by atoms with van der Waals surface area (Å²) in [4.78, 5) is 16.2. The summed E-state index contributed by atoms with van der Waals surface area (Å²) in [7, 11) is 0. The number of aromatic nitrogens is 4. The van der Waals surface area contributed by atoms with E-state index in [-0.39, 0.29) is 17.5 Å². The summed E-state index contributed by atoms with van der Waals surface area (Å²) in [6.07, 6.45) is 5.11. The van der Waals surface area contributed by atoms with Crippen LogP contribution in [0.1, 0.15) is 5.56 Å².